The summed E-state index contributed by atoms with van der Waals surface area (Å²) in [6.07, 6.45) is 2.69. The average molecular weight is 331 g/mol. The van der Waals surface area contributed by atoms with Gasteiger partial charge < -0.3 is 15.2 Å². The van der Waals surface area contributed by atoms with E-state index in [2.05, 4.69) is 20.6 Å². The van der Waals surface area contributed by atoms with E-state index in [0.29, 0.717) is 5.82 Å². The molecule has 0 bridgehead atoms. The summed E-state index contributed by atoms with van der Waals surface area (Å²) in [5.41, 5.74) is 2.07. The summed E-state index contributed by atoms with van der Waals surface area (Å²) in [5.74, 6) is 1.45. The van der Waals surface area contributed by atoms with Gasteiger partial charge >= 0.3 is 0 Å². The van der Waals surface area contributed by atoms with Crippen molar-refractivity contribution in [3.8, 4) is 5.82 Å². The summed E-state index contributed by atoms with van der Waals surface area (Å²) in [7, 11) is 0. The smallest absolute Gasteiger partial charge is 0.176 e. The number of anilines is 1. The van der Waals surface area contributed by atoms with Gasteiger partial charge in [0, 0.05) is 32.1 Å². The Morgan fingerprint density at radius 2 is 2.04 bits per heavy atom. The molecule has 3 heterocycles. The molecule has 3 rings (SSSR count). The van der Waals surface area contributed by atoms with Gasteiger partial charge in [0.15, 0.2) is 5.82 Å². The first kappa shape index (κ1) is 16.9. The zero-order chi connectivity index (χ0) is 17.0. The van der Waals surface area contributed by atoms with Gasteiger partial charge in [0.05, 0.1) is 5.69 Å². The average Bonchev–Trinajstić information content (AvgIpc) is 2.93. The van der Waals surface area contributed by atoms with Crippen LogP contribution in [0.4, 0.5) is 5.82 Å². The third-order valence-electron chi connectivity index (χ3n) is 4.72. The second-order valence-corrected chi connectivity index (χ2v) is 6.56. The number of aliphatic hydroxyl groups excluding tert-OH is 1. The largest absolute Gasteiger partial charge is 0.396 e. The van der Waals surface area contributed by atoms with Crippen LogP contribution in [0.1, 0.15) is 30.7 Å². The summed E-state index contributed by atoms with van der Waals surface area (Å²) >= 11 is 0. The van der Waals surface area contributed by atoms with E-state index >= 15 is 0 Å². The molecule has 7 heteroatoms. The van der Waals surface area contributed by atoms with Crippen LogP contribution in [0.5, 0.6) is 0 Å². The van der Waals surface area contributed by atoms with E-state index < -0.39 is 0 Å². The SMILES string of the molecule is Cc1cc(C)n(-c2ccc(NCC3(CCO)CCOCC3)nn2)n1. The van der Waals surface area contributed by atoms with E-state index in [4.69, 9.17) is 4.74 Å². The van der Waals surface area contributed by atoms with Crippen LogP contribution in [-0.2, 0) is 4.74 Å². The summed E-state index contributed by atoms with van der Waals surface area (Å²) in [5, 5.41) is 25.7. The Kier molecular flexibility index (Phi) is 5.11. The fraction of sp³-hybridized carbons (Fsp3) is 0.588. The maximum Gasteiger partial charge on any atom is 0.176 e. The van der Waals surface area contributed by atoms with Crippen LogP contribution in [-0.4, -0.2) is 51.4 Å². The van der Waals surface area contributed by atoms with Crippen LogP contribution in [0.15, 0.2) is 18.2 Å². The molecule has 0 amide bonds. The molecule has 2 aromatic heterocycles. The Balaban J connectivity index is 1.66. The molecule has 0 unspecified atom stereocenters. The van der Waals surface area contributed by atoms with Crippen LogP contribution < -0.4 is 5.32 Å². The topological polar surface area (TPSA) is 85.1 Å². The molecule has 0 aliphatic carbocycles. The van der Waals surface area contributed by atoms with Crippen LogP contribution in [0.2, 0.25) is 0 Å². The summed E-state index contributed by atoms with van der Waals surface area (Å²) < 4.78 is 7.24. The van der Waals surface area contributed by atoms with Crippen LogP contribution >= 0.6 is 0 Å². The molecule has 0 atom stereocenters. The fourth-order valence-electron chi connectivity index (χ4n) is 3.23. The Bertz CT molecular complexity index is 657. The van der Waals surface area contributed by atoms with Gasteiger partial charge in [-0.15, -0.1) is 10.2 Å². The van der Waals surface area contributed by atoms with Crippen LogP contribution in [0.3, 0.4) is 0 Å². The summed E-state index contributed by atoms with van der Waals surface area (Å²) in [6, 6.07) is 5.85. The van der Waals surface area contributed by atoms with E-state index in [1.807, 2.05) is 32.0 Å². The molecule has 0 aromatic carbocycles. The fourth-order valence-corrected chi connectivity index (χ4v) is 3.23. The first-order valence-electron chi connectivity index (χ1n) is 8.42. The number of hydrogen-bond acceptors (Lipinski definition) is 6. The minimum absolute atomic E-state index is 0.0725. The van der Waals surface area contributed by atoms with Crippen molar-refractivity contribution < 1.29 is 9.84 Å². The number of aliphatic hydroxyl groups is 1. The minimum Gasteiger partial charge on any atom is -0.396 e. The highest BCUT2D eigenvalue weighted by atomic mass is 16.5. The monoisotopic (exact) mass is 331 g/mol. The lowest BCUT2D eigenvalue weighted by Gasteiger charge is -2.37. The quantitative estimate of drug-likeness (QED) is 0.840. The molecule has 130 valence electrons. The van der Waals surface area contributed by atoms with Crippen molar-refractivity contribution in [3.63, 3.8) is 0 Å². The molecule has 24 heavy (non-hydrogen) atoms. The van der Waals surface area contributed by atoms with Gasteiger partial charge in [-0.2, -0.15) is 5.10 Å². The van der Waals surface area contributed by atoms with Gasteiger partial charge in [-0.25, -0.2) is 4.68 Å². The Labute approximate surface area is 142 Å². The molecule has 1 saturated heterocycles. The number of rotatable bonds is 6. The second-order valence-electron chi connectivity index (χ2n) is 6.56. The number of nitrogens with one attached hydrogen (secondary N) is 1. The first-order valence-corrected chi connectivity index (χ1v) is 8.42. The maximum atomic E-state index is 9.37. The molecule has 7 nitrogen and oxygen atoms in total. The van der Waals surface area contributed by atoms with E-state index in [9.17, 15) is 5.11 Å². The van der Waals surface area contributed by atoms with E-state index in [1.54, 1.807) is 4.68 Å². The maximum absolute atomic E-state index is 9.37. The predicted molar refractivity (Wildman–Crippen MR) is 91.3 cm³/mol. The molecule has 2 N–H and O–H groups in total. The Morgan fingerprint density at radius 3 is 2.62 bits per heavy atom. The molecule has 0 saturated carbocycles. The second kappa shape index (κ2) is 7.27. The molecule has 1 fully saturated rings. The molecular weight excluding hydrogens is 306 g/mol. The molecule has 0 spiro atoms. The van der Waals surface area contributed by atoms with E-state index in [-0.39, 0.29) is 12.0 Å². The predicted octanol–water partition coefficient (Wildman–Crippen LogP) is 1.87. The van der Waals surface area contributed by atoms with Gasteiger partial charge in [0.1, 0.15) is 5.82 Å². The minimum atomic E-state index is 0.0725. The molecular formula is C17H25N5O2. The van der Waals surface area contributed by atoms with Crippen molar-refractivity contribution in [2.75, 3.05) is 31.7 Å². The molecule has 1 aliphatic heterocycles. The standard InChI is InChI=1S/C17H25N5O2/c1-13-11-14(2)22(21-13)16-4-3-15(19-20-16)18-12-17(5-8-23)6-9-24-10-7-17/h3-4,11,23H,5-10,12H2,1-2H3,(H,18,19). The highest BCUT2D eigenvalue weighted by Gasteiger charge is 2.32. The van der Waals surface area contributed by atoms with Crippen molar-refractivity contribution >= 4 is 5.82 Å². The zero-order valence-electron chi connectivity index (χ0n) is 14.3. The summed E-state index contributed by atoms with van der Waals surface area (Å²) in [4.78, 5) is 0. The van der Waals surface area contributed by atoms with Gasteiger partial charge in [0.2, 0.25) is 0 Å². The number of nitrogens with zero attached hydrogens (tertiary/aromatic N) is 4. The van der Waals surface area contributed by atoms with Crippen molar-refractivity contribution in [2.45, 2.75) is 33.1 Å². The van der Waals surface area contributed by atoms with Gasteiger partial charge in [-0.1, -0.05) is 0 Å². The lowest BCUT2D eigenvalue weighted by molar-refractivity contribution is 0.00901. The molecule has 0 radical (unpaired) electrons. The number of aromatic nitrogens is 4. The highest BCUT2D eigenvalue weighted by Crippen LogP contribution is 2.34. The zero-order valence-corrected chi connectivity index (χ0v) is 14.3. The van der Waals surface area contributed by atoms with Crippen molar-refractivity contribution in [3.05, 3.63) is 29.6 Å². The third-order valence-corrected chi connectivity index (χ3v) is 4.72. The van der Waals surface area contributed by atoms with E-state index in [1.165, 1.54) is 0 Å². The van der Waals surface area contributed by atoms with E-state index in [0.717, 1.165) is 56.2 Å². The third kappa shape index (κ3) is 3.73. The first-order chi connectivity index (χ1) is 11.6. The van der Waals surface area contributed by atoms with Gasteiger partial charge in [0.25, 0.3) is 0 Å². The number of aryl methyl sites for hydroxylation is 2. The summed E-state index contributed by atoms with van der Waals surface area (Å²) in [6.45, 7) is 6.43. The Morgan fingerprint density at radius 1 is 1.25 bits per heavy atom. The van der Waals surface area contributed by atoms with Crippen LogP contribution in [0, 0.1) is 19.3 Å². The van der Waals surface area contributed by atoms with Crippen LogP contribution in [0.25, 0.3) is 5.82 Å². The van der Waals surface area contributed by atoms with Crippen molar-refractivity contribution in [1.82, 2.24) is 20.0 Å². The van der Waals surface area contributed by atoms with Crippen molar-refractivity contribution in [2.24, 2.45) is 5.41 Å². The number of hydrogen-bond donors (Lipinski definition) is 2. The van der Waals surface area contributed by atoms with Gasteiger partial charge in [-0.3, -0.25) is 0 Å². The molecule has 2 aromatic rings. The molecule has 1 aliphatic rings. The van der Waals surface area contributed by atoms with Crippen molar-refractivity contribution in [1.29, 1.82) is 0 Å². The lowest BCUT2D eigenvalue weighted by atomic mass is 9.77. The highest BCUT2D eigenvalue weighted by molar-refractivity contribution is 5.37. The lowest BCUT2D eigenvalue weighted by Crippen LogP contribution is -2.37. The normalized spacial score (nSPS) is 17.0. The Hall–Kier alpha value is -1.99. The van der Waals surface area contributed by atoms with Gasteiger partial charge in [-0.05, 0) is 56.7 Å². The number of ether oxygens (including phenoxy) is 1.